The van der Waals surface area contributed by atoms with Gasteiger partial charge in [0, 0.05) is 4.90 Å². The fraction of sp³-hybridized carbons (Fsp3) is 0.250. The molecule has 1 rings (SSSR count). The predicted octanol–water partition coefficient (Wildman–Crippen LogP) is 2.27. The SMILES string of the molecule is Cc1cccc(C)c1SN. The minimum absolute atomic E-state index is 1.20. The molecule has 0 aliphatic heterocycles. The number of hydrogen-bond acceptors (Lipinski definition) is 2. The summed E-state index contributed by atoms with van der Waals surface area (Å²) in [6.45, 7) is 4.14. The lowest BCUT2D eigenvalue weighted by atomic mass is 10.2. The molecule has 0 saturated heterocycles. The number of benzene rings is 1. The third-order valence-electron chi connectivity index (χ3n) is 1.53. The molecule has 0 spiro atoms. The first-order chi connectivity index (χ1) is 4.75. The Balaban J connectivity index is 3.17. The smallest absolute Gasteiger partial charge is 0.0284 e. The Morgan fingerprint density at radius 1 is 1.20 bits per heavy atom. The van der Waals surface area contributed by atoms with Crippen molar-refractivity contribution in [2.75, 3.05) is 0 Å². The van der Waals surface area contributed by atoms with Gasteiger partial charge in [0.25, 0.3) is 0 Å². The number of rotatable bonds is 1. The van der Waals surface area contributed by atoms with Gasteiger partial charge in [-0.15, -0.1) is 0 Å². The Kier molecular flexibility index (Phi) is 2.35. The van der Waals surface area contributed by atoms with Crippen LogP contribution in [0.3, 0.4) is 0 Å². The summed E-state index contributed by atoms with van der Waals surface area (Å²) in [6.07, 6.45) is 0. The summed E-state index contributed by atoms with van der Waals surface area (Å²) in [7, 11) is 0. The number of nitrogens with two attached hydrogens (primary N) is 1. The average molecular weight is 153 g/mol. The molecule has 0 heterocycles. The van der Waals surface area contributed by atoms with Crippen molar-refractivity contribution in [2.24, 2.45) is 5.14 Å². The second-order valence-corrected chi connectivity index (χ2v) is 2.98. The van der Waals surface area contributed by atoms with Crippen LogP contribution < -0.4 is 5.14 Å². The van der Waals surface area contributed by atoms with Crippen molar-refractivity contribution in [1.29, 1.82) is 0 Å². The van der Waals surface area contributed by atoms with E-state index >= 15 is 0 Å². The third-order valence-corrected chi connectivity index (χ3v) is 2.41. The van der Waals surface area contributed by atoms with Gasteiger partial charge in [0.05, 0.1) is 0 Å². The second-order valence-electron chi connectivity index (χ2n) is 2.34. The van der Waals surface area contributed by atoms with Crippen LogP contribution in [0.1, 0.15) is 11.1 Å². The van der Waals surface area contributed by atoms with Gasteiger partial charge < -0.3 is 0 Å². The fourth-order valence-corrected chi connectivity index (χ4v) is 1.49. The molecule has 0 saturated carbocycles. The van der Waals surface area contributed by atoms with E-state index < -0.39 is 0 Å². The molecule has 2 N–H and O–H groups in total. The monoisotopic (exact) mass is 153 g/mol. The Bertz CT molecular complexity index is 212. The van der Waals surface area contributed by atoms with Crippen molar-refractivity contribution in [2.45, 2.75) is 18.7 Å². The summed E-state index contributed by atoms with van der Waals surface area (Å²) in [5.41, 5.74) is 2.51. The van der Waals surface area contributed by atoms with Gasteiger partial charge in [0.1, 0.15) is 0 Å². The molecule has 0 atom stereocenters. The lowest BCUT2D eigenvalue weighted by Crippen LogP contribution is -1.87. The van der Waals surface area contributed by atoms with Gasteiger partial charge in [0.15, 0.2) is 0 Å². The zero-order valence-corrected chi connectivity index (χ0v) is 7.03. The van der Waals surface area contributed by atoms with Gasteiger partial charge in [0.2, 0.25) is 0 Å². The van der Waals surface area contributed by atoms with Crippen LogP contribution in [0, 0.1) is 13.8 Å². The van der Waals surface area contributed by atoms with E-state index in [9.17, 15) is 0 Å². The van der Waals surface area contributed by atoms with E-state index in [0.717, 1.165) is 0 Å². The summed E-state index contributed by atoms with van der Waals surface area (Å²) in [6, 6.07) is 6.19. The van der Waals surface area contributed by atoms with E-state index in [2.05, 4.69) is 26.0 Å². The van der Waals surface area contributed by atoms with Crippen molar-refractivity contribution in [3.05, 3.63) is 29.3 Å². The summed E-state index contributed by atoms with van der Waals surface area (Å²) < 4.78 is 0. The van der Waals surface area contributed by atoms with E-state index in [1.165, 1.54) is 28.0 Å². The minimum Gasteiger partial charge on any atom is -0.274 e. The Morgan fingerprint density at radius 3 is 2.00 bits per heavy atom. The van der Waals surface area contributed by atoms with Crippen LogP contribution in [0.25, 0.3) is 0 Å². The van der Waals surface area contributed by atoms with Crippen LogP contribution in [0.2, 0.25) is 0 Å². The van der Waals surface area contributed by atoms with E-state index in [1.54, 1.807) is 0 Å². The molecule has 0 unspecified atom stereocenters. The standard InChI is InChI=1S/C8H11NS/c1-6-4-3-5-7(2)8(6)10-9/h3-5H,9H2,1-2H3. The van der Waals surface area contributed by atoms with Crippen molar-refractivity contribution in [3.63, 3.8) is 0 Å². The van der Waals surface area contributed by atoms with Gasteiger partial charge in [-0.25, -0.2) is 0 Å². The quantitative estimate of drug-likeness (QED) is 0.626. The third kappa shape index (κ3) is 1.33. The first kappa shape index (κ1) is 7.63. The molecule has 0 radical (unpaired) electrons. The molecule has 0 fully saturated rings. The van der Waals surface area contributed by atoms with Gasteiger partial charge in [-0.2, -0.15) is 0 Å². The lowest BCUT2D eigenvalue weighted by Gasteiger charge is -2.03. The summed E-state index contributed by atoms with van der Waals surface area (Å²) >= 11 is 1.32. The number of hydrogen-bond donors (Lipinski definition) is 1. The van der Waals surface area contributed by atoms with Gasteiger partial charge in [-0.1, -0.05) is 18.2 Å². The fourth-order valence-electron chi connectivity index (χ4n) is 0.985. The molecule has 0 aliphatic carbocycles. The van der Waals surface area contributed by atoms with Crippen LogP contribution >= 0.6 is 11.9 Å². The maximum Gasteiger partial charge on any atom is 0.0284 e. The predicted molar refractivity (Wildman–Crippen MR) is 46.0 cm³/mol. The molecule has 2 heteroatoms. The molecule has 1 aromatic rings. The van der Waals surface area contributed by atoms with Crippen molar-refractivity contribution in [3.8, 4) is 0 Å². The maximum absolute atomic E-state index is 5.47. The highest BCUT2D eigenvalue weighted by Crippen LogP contribution is 2.20. The normalized spacial score (nSPS) is 9.90. The molecule has 1 aromatic carbocycles. The molecule has 0 bridgehead atoms. The van der Waals surface area contributed by atoms with Crippen molar-refractivity contribution >= 4 is 11.9 Å². The van der Waals surface area contributed by atoms with Gasteiger partial charge in [-0.3, -0.25) is 5.14 Å². The highest BCUT2D eigenvalue weighted by molar-refractivity contribution is 7.97. The molecule has 10 heavy (non-hydrogen) atoms. The summed E-state index contributed by atoms with van der Waals surface area (Å²) in [5, 5.41) is 5.47. The molecular weight excluding hydrogens is 142 g/mol. The van der Waals surface area contributed by atoms with Crippen LogP contribution in [0.5, 0.6) is 0 Å². The zero-order chi connectivity index (χ0) is 7.56. The number of aryl methyl sites for hydroxylation is 2. The molecule has 0 amide bonds. The topological polar surface area (TPSA) is 26.0 Å². The van der Waals surface area contributed by atoms with Crippen LogP contribution in [0.15, 0.2) is 23.1 Å². The highest BCUT2D eigenvalue weighted by atomic mass is 32.2. The molecule has 54 valence electrons. The summed E-state index contributed by atoms with van der Waals surface area (Å²) in [5.74, 6) is 0. The Labute approximate surface area is 65.8 Å². The van der Waals surface area contributed by atoms with Crippen LogP contribution in [-0.4, -0.2) is 0 Å². The van der Waals surface area contributed by atoms with Crippen LogP contribution in [-0.2, 0) is 0 Å². The second kappa shape index (κ2) is 3.08. The minimum atomic E-state index is 1.20. The van der Waals surface area contributed by atoms with Gasteiger partial charge >= 0.3 is 0 Å². The lowest BCUT2D eigenvalue weighted by molar-refractivity contribution is 1.22. The maximum atomic E-state index is 5.47. The molecular formula is C8H11NS. The van der Waals surface area contributed by atoms with Crippen LogP contribution in [0.4, 0.5) is 0 Å². The van der Waals surface area contributed by atoms with Crippen molar-refractivity contribution in [1.82, 2.24) is 0 Å². The molecule has 0 aliphatic rings. The van der Waals surface area contributed by atoms with E-state index in [-0.39, 0.29) is 0 Å². The highest BCUT2D eigenvalue weighted by Gasteiger charge is 1.98. The first-order valence-corrected chi connectivity index (χ1v) is 4.06. The Morgan fingerprint density at radius 2 is 1.70 bits per heavy atom. The van der Waals surface area contributed by atoms with Gasteiger partial charge in [-0.05, 0) is 36.9 Å². The zero-order valence-electron chi connectivity index (χ0n) is 6.22. The average Bonchev–Trinajstić information content (AvgIpc) is 1.88. The van der Waals surface area contributed by atoms with Crippen molar-refractivity contribution < 1.29 is 0 Å². The molecule has 1 nitrogen and oxygen atoms in total. The van der Waals surface area contributed by atoms with E-state index in [4.69, 9.17) is 5.14 Å². The summed E-state index contributed by atoms with van der Waals surface area (Å²) in [4.78, 5) is 1.20. The Hall–Kier alpha value is -0.470. The molecule has 0 aromatic heterocycles. The first-order valence-electron chi connectivity index (χ1n) is 3.18. The van der Waals surface area contributed by atoms with E-state index in [1.807, 2.05) is 6.07 Å². The van der Waals surface area contributed by atoms with E-state index in [0.29, 0.717) is 0 Å². The largest absolute Gasteiger partial charge is 0.274 e.